The van der Waals surface area contributed by atoms with E-state index < -0.39 is 6.41 Å². The van der Waals surface area contributed by atoms with Crippen molar-refractivity contribution in [1.29, 1.82) is 0 Å². The van der Waals surface area contributed by atoms with E-state index in [1.54, 1.807) is 0 Å². The number of carbonyl (C=O) groups is 1. The lowest BCUT2D eigenvalue weighted by atomic mass is 9.87. The lowest BCUT2D eigenvalue weighted by molar-refractivity contribution is -0.218. The minimum Gasteiger partial charge on any atom is -0.469 e. The van der Waals surface area contributed by atoms with E-state index in [1.807, 2.05) is 4.90 Å². The van der Waals surface area contributed by atoms with Gasteiger partial charge in [-0.25, -0.2) is 0 Å². The number of methoxy groups -OCH3 is 1. The smallest absolute Gasteiger partial charge is 0.308 e. The predicted octanol–water partition coefficient (Wildman–Crippen LogP) is 1.11. The van der Waals surface area contributed by atoms with E-state index in [0.29, 0.717) is 0 Å². The van der Waals surface area contributed by atoms with Gasteiger partial charge in [0.25, 0.3) is 0 Å². The minimum atomic E-state index is -0.771. The van der Waals surface area contributed by atoms with Gasteiger partial charge >= 0.3 is 5.97 Å². The molecular formula is C13H23NO4. The van der Waals surface area contributed by atoms with Crippen LogP contribution in [-0.4, -0.2) is 48.7 Å². The van der Waals surface area contributed by atoms with Gasteiger partial charge in [-0.15, -0.1) is 0 Å². The molecule has 1 saturated carbocycles. The summed E-state index contributed by atoms with van der Waals surface area (Å²) in [5.74, 6) is -0.104. The van der Waals surface area contributed by atoms with E-state index in [0.717, 1.165) is 51.6 Å². The van der Waals surface area contributed by atoms with E-state index in [9.17, 15) is 9.90 Å². The van der Waals surface area contributed by atoms with E-state index in [2.05, 4.69) is 0 Å². The molecule has 0 aromatic heterocycles. The molecule has 18 heavy (non-hydrogen) atoms. The molecule has 1 aliphatic carbocycles. The van der Waals surface area contributed by atoms with Crippen molar-refractivity contribution in [2.45, 2.75) is 51.0 Å². The first-order chi connectivity index (χ1) is 8.70. The predicted molar refractivity (Wildman–Crippen MR) is 65.7 cm³/mol. The number of nitrogens with zero attached hydrogens (tertiary/aromatic N) is 1. The van der Waals surface area contributed by atoms with Crippen molar-refractivity contribution in [2.24, 2.45) is 5.92 Å². The molecule has 2 rings (SSSR count). The van der Waals surface area contributed by atoms with Crippen molar-refractivity contribution in [1.82, 2.24) is 4.90 Å². The van der Waals surface area contributed by atoms with E-state index in [4.69, 9.17) is 9.47 Å². The highest BCUT2D eigenvalue weighted by atomic mass is 16.6. The van der Waals surface area contributed by atoms with Crippen LogP contribution in [0.5, 0.6) is 0 Å². The summed E-state index contributed by atoms with van der Waals surface area (Å²) in [5, 5.41) is 9.93. The van der Waals surface area contributed by atoms with Crippen LogP contribution in [0.4, 0.5) is 0 Å². The lowest BCUT2D eigenvalue weighted by Gasteiger charge is -2.31. The Kier molecular flexibility index (Phi) is 4.97. The van der Waals surface area contributed by atoms with Gasteiger partial charge in [0, 0.05) is 13.1 Å². The largest absolute Gasteiger partial charge is 0.469 e. The van der Waals surface area contributed by atoms with Gasteiger partial charge in [0.05, 0.1) is 19.1 Å². The molecule has 1 unspecified atom stereocenters. The van der Waals surface area contributed by atoms with Crippen LogP contribution in [0.15, 0.2) is 0 Å². The van der Waals surface area contributed by atoms with Gasteiger partial charge in [-0.1, -0.05) is 0 Å². The Bertz CT molecular complexity index is 270. The number of ether oxygens (including phenoxy) is 2. The van der Waals surface area contributed by atoms with Gasteiger partial charge in [0.15, 0.2) is 0 Å². The lowest BCUT2D eigenvalue weighted by Crippen LogP contribution is -2.39. The van der Waals surface area contributed by atoms with Crippen molar-refractivity contribution in [3.8, 4) is 0 Å². The quantitative estimate of drug-likeness (QED) is 0.604. The van der Waals surface area contributed by atoms with E-state index >= 15 is 0 Å². The summed E-state index contributed by atoms with van der Waals surface area (Å²) in [4.78, 5) is 13.3. The summed E-state index contributed by atoms with van der Waals surface area (Å²) in [7, 11) is 1.43. The van der Waals surface area contributed by atoms with Crippen LogP contribution in [0.3, 0.4) is 0 Å². The van der Waals surface area contributed by atoms with Crippen molar-refractivity contribution in [3.05, 3.63) is 0 Å². The Labute approximate surface area is 108 Å². The number of rotatable bonds is 4. The van der Waals surface area contributed by atoms with Crippen LogP contribution < -0.4 is 0 Å². The first kappa shape index (κ1) is 13.8. The average molecular weight is 257 g/mol. The monoisotopic (exact) mass is 257 g/mol. The third kappa shape index (κ3) is 3.43. The molecule has 1 saturated heterocycles. The molecule has 1 heterocycles. The molecule has 0 amide bonds. The molecule has 0 aromatic rings. The third-order valence-corrected chi connectivity index (χ3v) is 3.98. The van der Waals surface area contributed by atoms with Crippen LogP contribution >= 0.6 is 0 Å². The summed E-state index contributed by atoms with van der Waals surface area (Å²) in [5.41, 5.74) is 0. The Morgan fingerprint density at radius 3 is 2.39 bits per heavy atom. The van der Waals surface area contributed by atoms with Crippen LogP contribution in [0.2, 0.25) is 0 Å². The number of likely N-dealkylation sites (tertiary alicyclic amines) is 1. The topological polar surface area (TPSA) is 59.0 Å². The molecular weight excluding hydrogens is 234 g/mol. The summed E-state index contributed by atoms with van der Waals surface area (Å²) in [6.07, 6.45) is 4.81. The van der Waals surface area contributed by atoms with E-state index in [-0.39, 0.29) is 18.0 Å². The maximum absolute atomic E-state index is 11.4. The molecule has 104 valence electrons. The van der Waals surface area contributed by atoms with Crippen LogP contribution in [0, 0.1) is 5.92 Å². The first-order valence-corrected chi connectivity index (χ1v) is 6.86. The minimum absolute atomic E-state index is 0.0128. The number of carbonyl (C=O) groups excluding carboxylic acids is 1. The zero-order valence-electron chi connectivity index (χ0n) is 11.0. The second-order valence-corrected chi connectivity index (χ2v) is 5.20. The zero-order chi connectivity index (χ0) is 13.0. The molecule has 2 aliphatic rings. The standard InChI is InChI=1S/C13H23NO4/c1-17-12(15)10-4-6-11(7-5-10)18-13(16)14-8-2-3-9-14/h10-11,13,16H,2-9H2,1H3/t10-,11-,13?. The van der Waals surface area contributed by atoms with Gasteiger partial charge in [0.1, 0.15) is 0 Å². The Balaban J connectivity index is 1.71. The Hall–Kier alpha value is -0.650. The molecule has 1 N–H and O–H groups in total. The molecule has 0 radical (unpaired) electrons. The van der Waals surface area contributed by atoms with Crippen LogP contribution in [0.25, 0.3) is 0 Å². The number of aliphatic hydroxyl groups is 1. The normalized spacial score (nSPS) is 31.2. The van der Waals surface area contributed by atoms with Crippen molar-refractivity contribution in [3.63, 3.8) is 0 Å². The molecule has 0 aromatic carbocycles. The zero-order valence-corrected chi connectivity index (χ0v) is 11.0. The second kappa shape index (κ2) is 6.50. The Morgan fingerprint density at radius 2 is 1.83 bits per heavy atom. The fourth-order valence-corrected chi connectivity index (χ4v) is 2.82. The van der Waals surface area contributed by atoms with Crippen LogP contribution in [-0.2, 0) is 14.3 Å². The number of hydrogen-bond donors (Lipinski definition) is 1. The molecule has 5 heteroatoms. The van der Waals surface area contributed by atoms with Gasteiger partial charge in [-0.05, 0) is 38.5 Å². The molecule has 5 nitrogen and oxygen atoms in total. The van der Waals surface area contributed by atoms with E-state index in [1.165, 1.54) is 7.11 Å². The highest BCUT2D eigenvalue weighted by molar-refractivity contribution is 5.72. The van der Waals surface area contributed by atoms with Gasteiger partial charge < -0.3 is 14.6 Å². The summed E-state index contributed by atoms with van der Waals surface area (Å²) in [6.45, 7) is 1.83. The average Bonchev–Trinajstić information content (AvgIpc) is 2.92. The van der Waals surface area contributed by atoms with Crippen molar-refractivity contribution < 1.29 is 19.4 Å². The number of aliphatic hydroxyl groups excluding tert-OH is 1. The number of hydrogen-bond acceptors (Lipinski definition) is 5. The summed E-state index contributed by atoms with van der Waals surface area (Å²) >= 11 is 0. The van der Waals surface area contributed by atoms with Crippen LogP contribution in [0.1, 0.15) is 38.5 Å². The van der Waals surface area contributed by atoms with Gasteiger partial charge in [0.2, 0.25) is 6.41 Å². The molecule has 0 spiro atoms. The number of esters is 1. The van der Waals surface area contributed by atoms with Gasteiger partial charge in [-0.3, -0.25) is 9.69 Å². The third-order valence-electron chi connectivity index (χ3n) is 3.98. The molecule has 1 atom stereocenters. The fraction of sp³-hybridized carbons (Fsp3) is 0.923. The Morgan fingerprint density at radius 1 is 1.22 bits per heavy atom. The maximum Gasteiger partial charge on any atom is 0.308 e. The SMILES string of the molecule is COC(=O)[C@H]1CC[C@H](OC(O)N2CCCC2)CC1. The maximum atomic E-state index is 11.4. The fourth-order valence-electron chi connectivity index (χ4n) is 2.82. The van der Waals surface area contributed by atoms with Crippen molar-refractivity contribution in [2.75, 3.05) is 20.2 Å². The molecule has 1 aliphatic heterocycles. The summed E-state index contributed by atoms with van der Waals surface area (Å²) in [6, 6.07) is 0. The highest BCUT2D eigenvalue weighted by Crippen LogP contribution is 2.28. The highest BCUT2D eigenvalue weighted by Gasteiger charge is 2.30. The second-order valence-electron chi connectivity index (χ2n) is 5.20. The molecule has 2 fully saturated rings. The molecule has 0 bridgehead atoms. The van der Waals surface area contributed by atoms with Gasteiger partial charge in [-0.2, -0.15) is 0 Å². The van der Waals surface area contributed by atoms with Crippen molar-refractivity contribution >= 4 is 5.97 Å². The first-order valence-electron chi connectivity index (χ1n) is 6.86. The summed E-state index contributed by atoms with van der Waals surface area (Å²) < 4.78 is 10.4.